The van der Waals surface area contributed by atoms with E-state index in [-0.39, 0.29) is 33.6 Å². The first kappa shape index (κ1) is 17.5. The molecule has 2 rings (SSSR count). The van der Waals surface area contributed by atoms with Crippen molar-refractivity contribution in [2.75, 3.05) is 24.7 Å². The second-order valence-electron chi connectivity index (χ2n) is 4.51. The quantitative estimate of drug-likeness (QED) is 0.343. The predicted molar refractivity (Wildman–Crippen MR) is 86.3 cm³/mol. The molecule has 0 aliphatic heterocycles. The first-order valence-electron chi connectivity index (χ1n) is 6.70. The summed E-state index contributed by atoms with van der Waals surface area (Å²) in [6.07, 6.45) is 1.99. The maximum absolute atomic E-state index is 12.3. The highest BCUT2D eigenvalue weighted by Crippen LogP contribution is 2.31. The largest absolute Gasteiger partial charge is 0.594 e. The summed E-state index contributed by atoms with van der Waals surface area (Å²) in [5.74, 6) is 0.171. The lowest BCUT2D eigenvalue weighted by molar-refractivity contribution is -0.436. The van der Waals surface area contributed by atoms with E-state index in [2.05, 4.69) is 25.7 Å². The molecule has 0 bridgehead atoms. The maximum Gasteiger partial charge on any atom is 0.294 e. The summed E-state index contributed by atoms with van der Waals surface area (Å²) in [7, 11) is 2.97. The van der Waals surface area contributed by atoms with Gasteiger partial charge in [-0.25, -0.2) is 9.97 Å². The molecule has 2 N–H and O–H groups in total. The normalized spacial score (nSPS) is 11.0. The maximum atomic E-state index is 12.3. The summed E-state index contributed by atoms with van der Waals surface area (Å²) in [5, 5.41) is 43.0. The number of nitrogens with one attached hydrogen (secondary N) is 2. The molecule has 0 aliphatic carbocycles. The lowest BCUT2D eigenvalue weighted by Crippen LogP contribution is -2.02. The van der Waals surface area contributed by atoms with E-state index in [1.165, 1.54) is 14.1 Å². The van der Waals surface area contributed by atoms with E-state index < -0.39 is 15.5 Å². The number of nitrogens with zero attached hydrogens (tertiary/aromatic N) is 6. The Bertz CT molecular complexity index is 869. The van der Waals surface area contributed by atoms with Crippen LogP contribution in [0.1, 0.15) is 0 Å². The molecule has 0 saturated heterocycles. The topological polar surface area (TPSA) is 175 Å². The lowest BCUT2D eigenvalue weighted by Gasteiger charge is -2.06. The van der Waals surface area contributed by atoms with Crippen molar-refractivity contribution in [2.45, 2.75) is 0 Å². The van der Waals surface area contributed by atoms with Crippen LogP contribution in [0.2, 0.25) is 0 Å². The summed E-state index contributed by atoms with van der Waals surface area (Å²) in [4.78, 5) is 28.0. The Kier molecular flexibility index (Phi) is 4.97. The molecule has 0 aromatic carbocycles. The van der Waals surface area contributed by atoms with Crippen LogP contribution in [0.5, 0.6) is 0 Å². The van der Waals surface area contributed by atoms with Gasteiger partial charge in [-0.05, 0) is 4.86 Å². The minimum atomic E-state index is -0.711. The van der Waals surface area contributed by atoms with E-state index in [1.54, 1.807) is 0 Å². The smallest absolute Gasteiger partial charge is 0.294 e. The fourth-order valence-corrected chi connectivity index (χ4v) is 1.84. The van der Waals surface area contributed by atoms with Crippen LogP contribution in [0.15, 0.2) is 29.6 Å². The molecule has 13 heteroatoms. The summed E-state index contributed by atoms with van der Waals surface area (Å²) in [5.41, 5.74) is -1.11. The van der Waals surface area contributed by atoms with Crippen LogP contribution in [-0.2, 0) is 0 Å². The van der Waals surface area contributed by atoms with Gasteiger partial charge in [-0.1, -0.05) is 0 Å². The van der Waals surface area contributed by atoms with Gasteiger partial charge in [0.1, 0.15) is 12.4 Å². The average molecular weight is 348 g/mol. The predicted octanol–water partition coefficient (Wildman–Crippen LogP) is 2.30. The molecule has 0 radical (unpaired) electrons. The van der Waals surface area contributed by atoms with Gasteiger partial charge in [0.25, 0.3) is 17.1 Å². The molecular weight excluding hydrogens is 336 g/mol. The SMILES string of the molecule is CNc1ncc([N+](=O)[O-])cc1N=[N+]([O-])c1cc([N+](=O)[O-])cnc1NC. The fourth-order valence-electron chi connectivity index (χ4n) is 1.84. The second kappa shape index (κ2) is 7.12. The number of azo groups is 1. The van der Waals surface area contributed by atoms with E-state index in [1.807, 2.05) is 0 Å². The molecule has 0 amide bonds. The number of hydrogen-bond acceptors (Lipinski definition) is 10. The Hall–Kier alpha value is -3.90. The van der Waals surface area contributed by atoms with Gasteiger partial charge >= 0.3 is 0 Å². The van der Waals surface area contributed by atoms with Gasteiger partial charge in [-0.3, -0.25) is 20.2 Å². The van der Waals surface area contributed by atoms with Crippen molar-refractivity contribution in [3.63, 3.8) is 0 Å². The minimum Gasteiger partial charge on any atom is -0.594 e. The summed E-state index contributed by atoms with van der Waals surface area (Å²) < 4.78 is 0. The van der Waals surface area contributed by atoms with Crippen molar-refractivity contribution in [3.8, 4) is 0 Å². The van der Waals surface area contributed by atoms with Crippen molar-refractivity contribution < 1.29 is 14.7 Å². The van der Waals surface area contributed by atoms with E-state index in [9.17, 15) is 25.4 Å². The highest BCUT2D eigenvalue weighted by Gasteiger charge is 2.21. The van der Waals surface area contributed by atoms with Gasteiger partial charge in [0.15, 0.2) is 11.5 Å². The fraction of sp³-hybridized carbons (Fsp3) is 0.167. The highest BCUT2D eigenvalue weighted by atomic mass is 16.6. The standard InChI is InChI=1S/C12H12N8O5/c1-13-11-9(3-7(5-15-11)19(22)23)17-18(21)10-4-8(20(24)25)6-16-12(10)14-2/h3-6H,1-2H3,(H,13,15)(H,14,16). The highest BCUT2D eigenvalue weighted by molar-refractivity contribution is 5.63. The van der Waals surface area contributed by atoms with Crippen LogP contribution in [0, 0.1) is 25.4 Å². The first-order chi connectivity index (χ1) is 11.9. The van der Waals surface area contributed by atoms with Crippen LogP contribution >= 0.6 is 0 Å². The van der Waals surface area contributed by atoms with Gasteiger partial charge in [0.05, 0.1) is 22.0 Å². The summed E-state index contributed by atoms with van der Waals surface area (Å²) >= 11 is 0. The average Bonchev–Trinajstić information content (AvgIpc) is 2.60. The van der Waals surface area contributed by atoms with Crippen LogP contribution in [0.3, 0.4) is 0 Å². The Balaban J connectivity index is 2.58. The zero-order chi connectivity index (χ0) is 18.6. The van der Waals surface area contributed by atoms with Crippen LogP contribution < -0.4 is 10.6 Å². The number of aromatic nitrogens is 2. The minimum absolute atomic E-state index is 0.0498. The molecule has 0 fully saturated rings. The molecule has 0 saturated carbocycles. The Morgan fingerprint density at radius 3 is 1.96 bits per heavy atom. The Morgan fingerprint density at radius 1 is 0.920 bits per heavy atom. The van der Waals surface area contributed by atoms with E-state index in [0.717, 1.165) is 24.5 Å². The van der Waals surface area contributed by atoms with E-state index in [0.29, 0.717) is 0 Å². The van der Waals surface area contributed by atoms with Gasteiger partial charge in [0, 0.05) is 19.2 Å². The number of nitro groups is 2. The Morgan fingerprint density at radius 2 is 1.44 bits per heavy atom. The molecule has 25 heavy (non-hydrogen) atoms. The molecule has 0 unspecified atom stereocenters. The molecule has 0 aliphatic rings. The van der Waals surface area contributed by atoms with Crippen molar-refractivity contribution in [1.82, 2.24) is 9.97 Å². The summed E-state index contributed by atoms with van der Waals surface area (Å²) in [6, 6.07) is 2.03. The van der Waals surface area contributed by atoms with Crippen LogP contribution in [-0.4, -0.2) is 38.8 Å². The molecule has 2 aromatic rings. The molecule has 0 spiro atoms. The third kappa shape index (κ3) is 3.72. The molecular formula is C12H12N8O5. The molecule has 13 nitrogen and oxygen atoms in total. The molecule has 130 valence electrons. The van der Waals surface area contributed by atoms with Crippen molar-refractivity contribution in [2.24, 2.45) is 5.11 Å². The number of hydrogen-bond donors (Lipinski definition) is 2. The van der Waals surface area contributed by atoms with E-state index >= 15 is 0 Å². The molecule has 2 heterocycles. The van der Waals surface area contributed by atoms with Crippen molar-refractivity contribution in [1.29, 1.82) is 0 Å². The van der Waals surface area contributed by atoms with E-state index in [4.69, 9.17) is 0 Å². The van der Waals surface area contributed by atoms with Gasteiger partial charge in [0.2, 0.25) is 5.82 Å². The third-order valence-corrected chi connectivity index (χ3v) is 3.01. The lowest BCUT2D eigenvalue weighted by atomic mass is 10.3. The zero-order valence-corrected chi connectivity index (χ0v) is 13.0. The number of pyridine rings is 2. The molecule has 0 atom stereocenters. The monoisotopic (exact) mass is 348 g/mol. The zero-order valence-electron chi connectivity index (χ0n) is 13.0. The van der Waals surface area contributed by atoms with Crippen LogP contribution in [0.25, 0.3) is 0 Å². The van der Waals surface area contributed by atoms with Crippen LogP contribution in [0.4, 0.5) is 34.4 Å². The first-order valence-corrected chi connectivity index (χ1v) is 6.70. The number of rotatable bonds is 6. The number of anilines is 2. The van der Waals surface area contributed by atoms with Crippen molar-refractivity contribution in [3.05, 3.63) is 50.0 Å². The van der Waals surface area contributed by atoms with Gasteiger partial charge in [-0.15, -0.1) is 0 Å². The van der Waals surface area contributed by atoms with Gasteiger partial charge < -0.3 is 15.8 Å². The van der Waals surface area contributed by atoms with Crippen molar-refractivity contribution >= 4 is 34.4 Å². The molecule has 2 aromatic heterocycles. The second-order valence-corrected chi connectivity index (χ2v) is 4.51. The third-order valence-electron chi connectivity index (χ3n) is 3.01. The Labute approximate surface area is 139 Å². The van der Waals surface area contributed by atoms with Gasteiger partial charge in [-0.2, -0.15) is 0 Å². The summed E-state index contributed by atoms with van der Waals surface area (Å²) in [6.45, 7) is 0.